The number of carboxylic acids is 1. The Bertz CT molecular complexity index is 432. The van der Waals surface area contributed by atoms with E-state index in [-0.39, 0.29) is 30.5 Å². The van der Waals surface area contributed by atoms with Crippen molar-refractivity contribution in [1.29, 1.82) is 0 Å². The van der Waals surface area contributed by atoms with Crippen molar-refractivity contribution in [3.63, 3.8) is 0 Å². The number of hydrogen-bond donors (Lipinski definition) is 3. The second-order valence-electron chi connectivity index (χ2n) is 5.30. The van der Waals surface area contributed by atoms with Gasteiger partial charge in [-0.3, -0.25) is 4.79 Å². The fraction of sp³-hybridized carbons (Fsp3) is 0.571. The van der Waals surface area contributed by atoms with Gasteiger partial charge < -0.3 is 15.7 Å². The summed E-state index contributed by atoms with van der Waals surface area (Å²) in [6.07, 6.45) is 0.701. The molecule has 1 rings (SSSR count). The summed E-state index contributed by atoms with van der Waals surface area (Å²) < 4.78 is 0. The third-order valence-electron chi connectivity index (χ3n) is 3.02. The largest absolute Gasteiger partial charge is 0.481 e. The topological polar surface area (TPSA) is 78.4 Å². The number of thiophene rings is 1. The number of hydrogen-bond acceptors (Lipinski definition) is 3. The first-order valence-corrected chi connectivity index (χ1v) is 7.62. The van der Waals surface area contributed by atoms with Gasteiger partial charge in [0.25, 0.3) is 0 Å². The molecule has 20 heavy (non-hydrogen) atoms. The predicted molar refractivity (Wildman–Crippen MR) is 80.0 cm³/mol. The highest BCUT2D eigenvalue weighted by molar-refractivity contribution is 7.07. The number of urea groups is 1. The van der Waals surface area contributed by atoms with Crippen molar-refractivity contribution in [2.24, 2.45) is 5.92 Å². The van der Waals surface area contributed by atoms with Crippen LogP contribution in [0.5, 0.6) is 0 Å². The van der Waals surface area contributed by atoms with Gasteiger partial charge >= 0.3 is 12.0 Å². The van der Waals surface area contributed by atoms with Crippen LogP contribution in [-0.2, 0) is 11.2 Å². The normalized spacial score (nSPS) is 13.8. The zero-order chi connectivity index (χ0) is 15.1. The summed E-state index contributed by atoms with van der Waals surface area (Å²) in [5, 5.41) is 18.5. The summed E-state index contributed by atoms with van der Waals surface area (Å²) in [4.78, 5) is 22.6. The quantitative estimate of drug-likeness (QED) is 0.723. The van der Waals surface area contributed by atoms with E-state index in [1.807, 2.05) is 32.2 Å². The Morgan fingerprint density at radius 1 is 1.30 bits per heavy atom. The van der Waals surface area contributed by atoms with Crippen LogP contribution in [0.3, 0.4) is 0 Å². The smallest absolute Gasteiger partial charge is 0.315 e. The van der Waals surface area contributed by atoms with E-state index in [1.165, 1.54) is 5.56 Å². The highest BCUT2D eigenvalue weighted by atomic mass is 32.1. The Morgan fingerprint density at radius 2 is 2.00 bits per heavy atom. The zero-order valence-corrected chi connectivity index (χ0v) is 12.9. The molecule has 2 unspecified atom stereocenters. The first-order chi connectivity index (χ1) is 9.38. The second kappa shape index (κ2) is 7.89. The van der Waals surface area contributed by atoms with Crippen LogP contribution in [0.1, 0.15) is 32.8 Å². The van der Waals surface area contributed by atoms with E-state index in [0.29, 0.717) is 0 Å². The van der Waals surface area contributed by atoms with E-state index in [2.05, 4.69) is 16.0 Å². The highest BCUT2D eigenvalue weighted by Gasteiger charge is 2.20. The van der Waals surface area contributed by atoms with Gasteiger partial charge in [0.15, 0.2) is 0 Å². The van der Waals surface area contributed by atoms with Gasteiger partial charge in [-0.15, -0.1) is 0 Å². The van der Waals surface area contributed by atoms with Gasteiger partial charge in [0, 0.05) is 12.1 Å². The molecule has 0 aliphatic rings. The average Bonchev–Trinajstić information content (AvgIpc) is 2.79. The molecule has 0 spiro atoms. The van der Waals surface area contributed by atoms with Gasteiger partial charge in [-0.2, -0.15) is 11.3 Å². The molecular formula is C14H22N2O3S. The van der Waals surface area contributed by atoms with Crippen molar-refractivity contribution < 1.29 is 14.7 Å². The molecule has 0 bridgehead atoms. The average molecular weight is 298 g/mol. The summed E-state index contributed by atoms with van der Waals surface area (Å²) in [6, 6.07) is 1.36. The third-order valence-corrected chi connectivity index (χ3v) is 3.75. The van der Waals surface area contributed by atoms with Crippen molar-refractivity contribution in [2.45, 2.75) is 45.7 Å². The molecule has 0 aromatic carbocycles. The van der Waals surface area contributed by atoms with Crippen LogP contribution in [0, 0.1) is 5.92 Å². The monoisotopic (exact) mass is 298 g/mol. The van der Waals surface area contributed by atoms with Crippen LogP contribution in [-0.4, -0.2) is 29.2 Å². The molecule has 1 heterocycles. The van der Waals surface area contributed by atoms with E-state index in [4.69, 9.17) is 5.11 Å². The molecule has 0 radical (unpaired) electrons. The number of carbonyl (C=O) groups excluding carboxylic acids is 1. The van der Waals surface area contributed by atoms with E-state index in [9.17, 15) is 9.59 Å². The number of carbonyl (C=O) groups is 2. The van der Waals surface area contributed by atoms with E-state index in [1.54, 1.807) is 11.3 Å². The van der Waals surface area contributed by atoms with Crippen LogP contribution >= 0.6 is 11.3 Å². The Hall–Kier alpha value is -1.56. The summed E-state index contributed by atoms with van der Waals surface area (Å²) in [5.74, 6) is -0.834. The van der Waals surface area contributed by atoms with E-state index >= 15 is 0 Å². The lowest BCUT2D eigenvalue weighted by Gasteiger charge is -2.22. The minimum atomic E-state index is -0.907. The first-order valence-electron chi connectivity index (χ1n) is 6.68. The Balaban J connectivity index is 2.42. The van der Waals surface area contributed by atoms with Crippen molar-refractivity contribution >= 4 is 23.3 Å². The molecule has 0 fully saturated rings. The van der Waals surface area contributed by atoms with Crippen LogP contribution in [0.15, 0.2) is 16.8 Å². The van der Waals surface area contributed by atoms with Crippen molar-refractivity contribution in [3.05, 3.63) is 22.4 Å². The molecule has 3 N–H and O–H groups in total. The molecule has 0 saturated heterocycles. The van der Waals surface area contributed by atoms with Crippen molar-refractivity contribution in [1.82, 2.24) is 10.6 Å². The van der Waals surface area contributed by atoms with Crippen molar-refractivity contribution in [3.8, 4) is 0 Å². The van der Waals surface area contributed by atoms with Crippen LogP contribution < -0.4 is 10.6 Å². The molecule has 1 aromatic rings. The lowest BCUT2D eigenvalue weighted by atomic mass is 10.0. The molecule has 2 atom stereocenters. The number of nitrogens with one attached hydrogen (secondary N) is 2. The van der Waals surface area contributed by atoms with Gasteiger partial charge in [-0.25, -0.2) is 4.79 Å². The molecule has 112 valence electrons. The SMILES string of the molecule is CC(Cc1ccsc1)NC(=O)NC(CC(=O)O)C(C)C. The third kappa shape index (κ3) is 6.06. The van der Waals surface area contributed by atoms with Crippen molar-refractivity contribution in [2.75, 3.05) is 0 Å². The maximum absolute atomic E-state index is 11.9. The number of carboxylic acid groups (broad SMARTS) is 1. The maximum atomic E-state index is 11.9. The molecule has 1 aromatic heterocycles. The predicted octanol–water partition coefficient (Wildman–Crippen LogP) is 2.48. The molecule has 0 aliphatic heterocycles. The minimum Gasteiger partial charge on any atom is -0.481 e. The Kier molecular flexibility index (Phi) is 6.51. The summed E-state index contributed by atoms with van der Waals surface area (Å²) in [6.45, 7) is 5.71. The molecule has 6 heteroatoms. The maximum Gasteiger partial charge on any atom is 0.315 e. The standard InChI is InChI=1S/C14H22N2O3S/c1-9(2)12(7-13(17)18)16-14(19)15-10(3)6-11-4-5-20-8-11/h4-5,8-10,12H,6-7H2,1-3H3,(H,17,18)(H2,15,16,19). The Labute approximate surface area is 123 Å². The van der Waals surface area contributed by atoms with Crippen LogP contribution in [0.2, 0.25) is 0 Å². The van der Waals surface area contributed by atoms with Gasteiger partial charge in [-0.1, -0.05) is 13.8 Å². The number of rotatable bonds is 7. The zero-order valence-electron chi connectivity index (χ0n) is 12.1. The van der Waals surface area contributed by atoms with E-state index < -0.39 is 5.97 Å². The first kappa shape index (κ1) is 16.5. The highest BCUT2D eigenvalue weighted by Crippen LogP contribution is 2.09. The molecule has 2 amide bonds. The second-order valence-corrected chi connectivity index (χ2v) is 6.08. The molecular weight excluding hydrogens is 276 g/mol. The van der Waals surface area contributed by atoms with Gasteiger partial charge in [-0.05, 0) is 41.7 Å². The fourth-order valence-corrected chi connectivity index (χ4v) is 2.57. The summed E-state index contributed by atoms with van der Waals surface area (Å²) in [5.41, 5.74) is 1.19. The van der Waals surface area contributed by atoms with Gasteiger partial charge in [0.2, 0.25) is 0 Å². The van der Waals surface area contributed by atoms with Gasteiger partial charge in [0.1, 0.15) is 0 Å². The molecule has 0 aliphatic carbocycles. The van der Waals surface area contributed by atoms with Crippen LogP contribution in [0.25, 0.3) is 0 Å². The fourth-order valence-electron chi connectivity index (χ4n) is 1.89. The lowest BCUT2D eigenvalue weighted by molar-refractivity contribution is -0.137. The molecule has 0 saturated carbocycles. The number of amides is 2. The summed E-state index contributed by atoms with van der Waals surface area (Å²) in [7, 11) is 0. The van der Waals surface area contributed by atoms with Crippen LogP contribution in [0.4, 0.5) is 4.79 Å². The van der Waals surface area contributed by atoms with Gasteiger partial charge in [0.05, 0.1) is 6.42 Å². The number of aliphatic carboxylic acids is 1. The molecule has 5 nitrogen and oxygen atoms in total. The minimum absolute atomic E-state index is 0.00207. The van der Waals surface area contributed by atoms with E-state index in [0.717, 1.165) is 6.42 Å². The lowest BCUT2D eigenvalue weighted by Crippen LogP contribution is -2.48. The summed E-state index contributed by atoms with van der Waals surface area (Å²) >= 11 is 1.63. The Morgan fingerprint density at radius 3 is 2.50 bits per heavy atom.